The van der Waals surface area contributed by atoms with Gasteiger partial charge in [-0.15, -0.1) is 0 Å². The third-order valence-electron chi connectivity index (χ3n) is 3.33. The smallest absolute Gasteiger partial charge is 0.223 e. The Kier molecular flexibility index (Phi) is 7.10. The predicted octanol–water partition coefficient (Wildman–Crippen LogP) is 3.64. The van der Waals surface area contributed by atoms with Crippen LogP contribution < -0.4 is 5.32 Å². The Balaban J connectivity index is 2.22. The Morgan fingerprint density at radius 3 is 2.50 bits per heavy atom. The second-order valence-corrected chi connectivity index (χ2v) is 6.11. The van der Waals surface area contributed by atoms with Crippen molar-refractivity contribution in [2.45, 2.75) is 63.1 Å². The molecule has 1 fully saturated rings. The predicted molar refractivity (Wildman–Crippen MR) is 71.8 cm³/mol. The highest BCUT2D eigenvalue weighted by atomic mass is 79.9. The summed E-state index contributed by atoms with van der Waals surface area (Å²) in [7, 11) is 0. The van der Waals surface area contributed by atoms with Crippen molar-refractivity contribution in [2.75, 3.05) is 6.54 Å². The molecule has 1 aliphatic rings. The van der Waals surface area contributed by atoms with Crippen LogP contribution in [0, 0.1) is 5.92 Å². The van der Waals surface area contributed by atoms with E-state index in [0.29, 0.717) is 4.83 Å². The van der Waals surface area contributed by atoms with E-state index in [4.69, 9.17) is 0 Å². The lowest BCUT2D eigenvalue weighted by molar-refractivity contribution is -0.125. The number of carbonyl (C=O) groups excluding carboxylic acids is 1. The molecule has 0 aromatic carbocycles. The summed E-state index contributed by atoms with van der Waals surface area (Å²) in [5.41, 5.74) is 0. The van der Waals surface area contributed by atoms with Gasteiger partial charge in [-0.25, -0.2) is 0 Å². The molecule has 3 heteroatoms. The third-order valence-corrected chi connectivity index (χ3v) is 4.11. The van der Waals surface area contributed by atoms with Crippen LogP contribution in [0.1, 0.15) is 58.3 Å². The Hall–Kier alpha value is -0.0500. The molecule has 0 aliphatic heterocycles. The van der Waals surface area contributed by atoms with Gasteiger partial charge in [-0.3, -0.25) is 4.79 Å². The van der Waals surface area contributed by atoms with Gasteiger partial charge in [0.2, 0.25) is 5.91 Å². The van der Waals surface area contributed by atoms with Crippen LogP contribution in [-0.2, 0) is 4.79 Å². The van der Waals surface area contributed by atoms with Gasteiger partial charge >= 0.3 is 0 Å². The van der Waals surface area contributed by atoms with Crippen LogP contribution in [0.3, 0.4) is 0 Å². The van der Waals surface area contributed by atoms with E-state index in [9.17, 15) is 4.79 Å². The van der Waals surface area contributed by atoms with E-state index < -0.39 is 0 Å². The van der Waals surface area contributed by atoms with Crippen LogP contribution >= 0.6 is 15.9 Å². The molecule has 0 heterocycles. The topological polar surface area (TPSA) is 29.1 Å². The molecule has 1 N–H and O–H groups in total. The molecule has 94 valence electrons. The zero-order valence-electron chi connectivity index (χ0n) is 10.3. The summed E-state index contributed by atoms with van der Waals surface area (Å²) < 4.78 is 0. The number of halogens is 1. The monoisotopic (exact) mass is 289 g/mol. The summed E-state index contributed by atoms with van der Waals surface area (Å²) in [5.74, 6) is 0.561. The molecule has 16 heavy (non-hydrogen) atoms. The second kappa shape index (κ2) is 8.10. The van der Waals surface area contributed by atoms with Gasteiger partial charge in [-0.05, 0) is 19.3 Å². The molecular formula is C13H24BrNO. The zero-order valence-corrected chi connectivity index (χ0v) is 11.9. The molecule has 1 rings (SSSR count). The van der Waals surface area contributed by atoms with Gasteiger partial charge < -0.3 is 5.32 Å². The Morgan fingerprint density at radius 2 is 1.94 bits per heavy atom. The van der Waals surface area contributed by atoms with E-state index in [1.165, 1.54) is 25.7 Å². The number of alkyl halides is 1. The van der Waals surface area contributed by atoms with E-state index in [1.807, 2.05) is 0 Å². The number of rotatable bonds is 5. The lowest BCUT2D eigenvalue weighted by Gasteiger charge is -2.16. The number of hydrogen-bond acceptors (Lipinski definition) is 1. The molecular weight excluding hydrogens is 266 g/mol. The lowest BCUT2D eigenvalue weighted by Crippen LogP contribution is -2.34. The molecule has 1 saturated carbocycles. The summed E-state index contributed by atoms with van der Waals surface area (Å²) in [6.45, 7) is 2.95. The average Bonchev–Trinajstić information content (AvgIpc) is 2.55. The molecule has 2 nitrogen and oxygen atoms in total. The fourth-order valence-corrected chi connectivity index (χ4v) is 2.93. The maximum atomic E-state index is 11.9. The molecule has 0 aromatic heterocycles. The maximum absolute atomic E-state index is 11.9. The lowest BCUT2D eigenvalue weighted by atomic mass is 9.99. The van der Waals surface area contributed by atoms with Crippen LogP contribution in [0.4, 0.5) is 0 Å². The molecule has 0 bridgehead atoms. The molecule has 1 aliphatic carbocycles. The Labute approximate surface area is 108 Å². The number of hydrogen-bond donors (Lipinski definition) is 1. The third kappa shape index (κ3) is 5.33. The first-order chi connectivity index (χ1) is 7.74. The highest BCUT2D eigenvalue weighted by molar-refractivity contribution is 9.09. The van der Waals surface area contributed by atoms with Crippen molar-refractivity contribution in [3.63, 3.8) is 0 Å². The number of amides is 1. The zero-order chi connectivity index (χ0) is 11.8. The van der Waals surface area contributed by atoms with Gasteiger partial charge in [0.05, 0.1) is 0 Å². The van der Waals surface area contributed by atoms with Gasteiger partial charge in [-0.1, -0.05) is 55.0 Å². The van der Waals surface area contributed by atoms with E-state index in [2.05, 4.69) is 28.2 Å². The Morgan fingerprint density at radius 1 is 1.31 bits per heavy atom. The highest BCUT2D eigenvalue weighted by Crippen LogP contribution is 2.22. The summed E-state index contributed by atoms with van der Waals surface area (Å²) >= 11 is 3.59. The van der Waals surface area contributed by atoms with Gasteiger partial charge in [0.25, 0.3) is 0 Å². The first-order valence-electron chi connectivity index (χ1n) is 6.65. The molecule has 1 atom stereocenters. The Bertz CT molecular complexity index is 200. The molecule has 0 spiro atoms. The maximum Gasteiger partial charge on any atom is 0.223 e. The number of nitrogens with one attached hydrogen (secondary N) is 1. The van der Waals surface area contributed by atoms with Crippen molar-refractivity contribution in [2.24, 2.45) is 5.92 Å². The van der Waals surface area contributed by atoms with Gasteiger partial charge in [0.1, 0.15) is 0 Å². The van der Waals surface area contributed by atoms with Crippen molar-refractivity contribution in [1.82, 2.24) is 5.32 Å². The molecule has 0 aromatic rings. The van der Waals surface area contributed by atoms with E-state index in [0.717, 1.165) is 32.2 Å². The minimum Gasteiger partial charge on any atom is -0.355 e. The largest absolute Gasteiger partial charge is 0.355 e. The fourth-order valence-electron chi connectivity index (χ4n) is 2.31. The van der Waals surface area contributed by atoms with Crippen molar-refractivity contribution in [1.29, 1.82) is 0 Å². The van der Waals surface area contributed by atoms with Crippen molar-refractivity contribution in [3.05, 3.63) is 0 Å². The van der Waals surface area contributed by atoms with Crippen LogP contribution in [0.15, 0.2) is 0 Å². The SMILES string of the molecule is CCCC(Br)CNC(=O)C1CCCCCC1. The van der Waals surface area contributed by atoms with Gasteiger partial charge in [-0.2, -0.15) is 0 Å². The first kappa shape index (κ1) is 14.0. The van der Waals surface area contributed by atoms with Crippen LogP contribution in [0.5, 0.6) is 0 Å². The fraction of sp³-hybridized carbons (Fsp3) is 0.923. The first-order valence-corrected chi connectivity index (χ1v) is 7.57. The summed E-state index contributed by atoms with van der Waals surface area (Å²) in [6.07, 6.45) is 9.54. The van der Waals surface area contributed by atoms with Crippen molar-refractivity contribution < 1.29 is 4.79 Å². The van der Waals surface area contributed by atoms with Gasteiger partial charge in [0.15, 0.2) is 0 Å². The van der Waals surface area contributed by atoms with Gasteiger partial charge in [0, 0.05) is 17.3 Å². The van der Waals surface area contributed by atoms with E-state index >= 15 is 0 Å². The normalized spacial score (nSPS) is 20.1. The second-order valence-electron chi connectivity index (χ2n) is 4.82. The van der Waals surface area contributed by atoms with Crippen LogP contribution in [0.25, 0.3) is 0 Å². The average molecular weight is 290 g/mol. The van der Waals surface area contributed by atoms with E-state index in [1.54, 1.807) is 0 Å². The van der Waals surface area contributed by atoms with E-state index in [-0.39, 0.29) is 11.8 Å². The standard InChI is InChI=1S/C13H24BrNO/c1-2-7-12(14)10-15-13(16)11-8-5-3-4-6-9-11/h11-12H,2-10H2,1H3,(H,15,16). The highest BCUT2D eigenvalue weighted by Gasteiger charge is 2.20. The minimum absolute atomic E-state index is 0.280. The summed E-state index contributed by atoms with van der Waals surface area (Å²) in [4.78, 5) is 12.4. The van der Waals surface area contributed by atoms with Crippen LogP contribution in [0.2, 0.25) is 0 Å². The quantitative estimate of drug-likeness (QED) is 0.608. The molecule has 0 saturated heterocycles. The molecule has 1 amide bonds. The van der Waals surface area contributed by atoms with Crippen molar-refractivity contribution in [3.8, 4) is 0 Å². The summed E-state index contributed by atoms with van der Waals surface area (Å²) in [5, 5.41) is 3.08. The molecule has 1 unspecified atom stereocenters. The van der Waals surface area contributed by atoms with Crippen molar-refractivity contribution >= 4 is 21.8 Å². The van der Waals surface area contributed by atoms with Crippen LogP contribution in [-0.4, -0.2) is 17.3 Å². The number of carbonyl (C=O) groups is 1. The minimum atomic E-state index is 0.280. The molecule has 0 radical (unpaired) electrons. The summed E-state index contributed by atoms with van der Waals surface area (Å²) in [6, 6.07) is 0.